The van der Waals surface area contributed by atoms with E-state index in [9.17, 15) is 9.90 Å². The van der Waals surface area contributed by atoms with Crippen LogP contribution in [-0.2, 0) is 0 Å². The van der Waals surface area contributed by atoms with Crippen molar-refractivity contribution in [1.82, 2.24) is 5.32 Å². The minimum Gasteiger partial charge on any atom is -0.496 e. The predicted octanol–water partition coefficient (Wildman–Crippen LogP) is 2.28. The van der Waals surface area contributed by atoms with Crippen molar-refractivity contribution >= 4 is 5.91 Å². The molecule has 2 rings (SSSR count). The van der Waals surface area contributed by atoms with Crippen LogP contribution in [0.1, 0.15) is 42.1 Å². The normalized spacial score (nSPS) is 25.5. The molecule has 1 aliphatic carbocycles. The summed E-state index contributed by atoms with van der Waals surface area (Å²) in [6, 6.07) is 5.48. The number of rotatable bonds is 4. The lowest BCUT2D eigenvalue weighted by atomic mass is 9.85. The highest BCUT2D eigenvalue weighted by atomic mass is 16.5. The second kappa shape index (κ2) is 5.83. The Hall–Kier alpha value is -1.55. The third kappa shape index (κ3) is 2.80. The number of methoxy groups -OCH3 is 1. The first kappa shape index (κ1) is 14.9. The average molecular weight is 277 g/mol. The Morgan fingerprint density at radius 3 is 2.95 bits per heavy atom. The predicted molar refractivity (Wildman–Crippen MR) is 78.0 cm³/mol. The molecule has 1 aromatic rings. The molecule has 2 atom stereocenters. The van der Waals surface area contributed by atoms with E-state index in [1.165, 1.54) is 0 Å². The summed E-state index contributed by atoms with van der Waals surface area (Å²) in [6.45, 7) is 4.08. The molecular weight excluding hydrogens is 254 g/mol. The van der Waals surface area contributed by atoms with Gasteiger partial charge in [0, 0.05) is 17.0 Å². The first-order chi connectivity index (χ1) is 9.50. The first-order valence-electron chi connectivity index (χ1n) is 7.06. The number of nitrogens with one attached hydrogen (secondary N) is 1. The molecule has 2 N–H and O–H groups in total. The number of carbonyl (C=O) groups is 1. The Morgan fingerprint density at radius 2 is 2.30 bits per heavy atom. The molecule has 110 valence electrons. The van der Waals surface area contributed by atoms with Gasteiger partial charge in [-0.05, 0) is 37.5 Å². The van der Waals surface area contributed by atoms with Crippen molar-refractivity contribution in [2.24, 2.45) is 5.41 Å². The van der Waals surface area contributed by atoms with Crippen molar-refractivity contribution in [3.05, 3.63) is 29.3 Å². The van der Waals surface area contributed by atoms with Gasteiger partial charge in [-0.2, -0.15) is 0 Å². The van der Waals surface area contributed by atoms with Gasteiger partial charge in [-0.15, -0.1) is 0 Å². The second-order valence-corrected chi connectivity index (χ2v) is 5.91. The van der Waals surface area contributed by atoms with Gasteiger partial charge in [0.05, 0.1) is 13.7 Å². The van der Waals surface area contributed by atoms with E-state index in [1.807, 2.05) is 19.9 Å². The van der Waals surface area contributed by atoms with Crippen LogP contribution >= 0.6 is 0 Å². The van der Waals surface area contributed by atoms with Crippen molar-refractivity contribution in [2.75, 3.05) is 13.7 Å². The molecule has 20 heavy (non-hydrogen) atoms. The Kier molecular flexibility index (Phi) is 4.33. The Morgan fingerprint density at radius 1 is 1.55 bits per heavy atom. The van der Waals surface area contributed by atoms with E-state index >= 15 is 0 Å². The Labute approximate surface area is 120 Å². The van der Waals surface area contributed by atoms with Crippen molar-refractivity contribution in [3.63, 3.8) is 0 Å². The highest BCUT2D eigenvalue weighted by molar-refractivity contribution is 5.95. The monoisotopic (exact) mass is 277 g/mol. The second-order valence-electron chi connectivity index (χ2n) is 5.91. The third-order valence-corrected chi connectivity index (χ3v) is 4.42. The fourth-order valence-electron chi connectivity index (χ4n) is 2.87. The van der Waals surface area contributed by atoms with Gasteiger partial charge in [-0.1, -0.05) is 19.4 Å². The molecule has 0 aliphatic heterocycles. The van der Waals surface area contributed by atoms with Crippen LogP contribution < -0.4 is 10.1 Å². The summed E-state index contributed by atoms with van der Waals surface area (Å²) >= 11 is 0. The van der Waals surface area contributed by atoms with Crippen LogP contribution in [0, 0.1) is 12.3 Å². The fourth-order valence-corrected chi connectivity index (χ4v) is 2.87. The van der Waals surface area contributed by atoms with Crippen molar-refractivity contribution in [1.29, 1.82) is 0 Å². The van der Waals surface area contributed by atoms with Crippen molar-refractivity contribution in [3.8, 4) is 5.75 Å². The van der Waals surface area contributed by atoms with Crippen LogP contribution in [-0.4, -0.2) is 30.8 Å². The number of ether oxygens (including phenoxy) is 1. The van der Waals surface area contributed by atoms with Crippen LogP contribution in [0.4, 0.5) is 0 Å². The molecule has 4 nitrogen and oxygen atoms in total. The Balaban J connectivity index is 2.12. The molecule has 1 aromatic carbocycles. The van der Waals surface area contributed by atoms with Crippen LogP contribution in [0.25, 0.3) is 0 Å². The van der Waals surface area contributed by atoms with E-state index in [2.05, 4.69) is 5.32 Å². The van der Waals surface area contributed by atoms with E-state index in [4.69, 9.17) is 4.74 Å². The number of aryl methyl sites for hydroxylation is 1. The number of amides is 1. The lowest BCUT2D eigenvalue weighted by molar-refractivity contribution is 0.0830. The van der Waals surface area contributed by atoms with E-state index in [0.29, 0.717) is 11.3 Å². The molecular formula is C16H23NO3. The zero-order valence-corrected chi connectivity index (χ0v) is 12.4. The van der Waals surface area contributed by atoms with Gasteiger partial charge < -0.3 is 15.2 Å². The summed E-state index contributed by atoms with van der Waals surface area (Å²) in [5, 5.41) is 12.6. The number of hydrogen-bond donors (Lipinski definition) is 2. The summed E-state index contributed by atoms with van der Waals surface area (Å²) in [4.78, 5) is 12.3. The molecule has 1 fully saturated rings. The van der Waals surface area contributed by atoms with Gasteiger partial charge in [-0.3, -0.25) is 4.79 Å². The van der Waals surface area contributed by atoms with Gasteiger partial charge in [-0.25, -0.2) is 0 Å². The zero-order valence-electron chi connectivity index (χ0n) is 12.4. The maximum atomic E-state index is 12.3. The maximum absolute atomic E-state index is 12.3. The average Bonchev–Trinajstić information content (AvgIpc) is 2.81. The molecule has 0 bridgehead atoms. The summed E-state index contributed by atoms with van der Waals surface area (Å²) in [6.07, 6.45) is 2.91. The highest BCUT2D eigenvalue weighted by Crippen LogP contribution is 2.37. The van der Waals surface area contributed by atoms with Crippen LogP contribution in [0.15, 0.2) is 18.2 Å². The molecule has 0 aromatic heterocycles. The first-order valence-corrected chi connectivity index (χ1v) is 7.06. The number of carbonyl (C=O) groups excluding carboxylic acids is 1. The maximum Gasteiger partial charge on any atom is 0.251 e. The van der Waals surface area contributed by atoms with Crippen molar-refractivity contribution < 1.29 is 14.6 Å². The quantitative estimate of drug-likeness (QED) is 0.887. The topological polar surface area (TPSA) is 58.6 Å². The fraction of sp³-hybridized carbons (Fsp3) is 0.562. The Bertz CT molecular complexity index is 500. The van der Waals surface area contributed by atoms with Gasteiger partial charge in [0.15, 0.2) is 0 Å². The van der Waals surface area contributed by atoms with E-state index in [0.717, 1.165) is 24.8 Å². The van der Waals surface area contributed by atoms with Crippen LogP contribution in [0.3, 0.4) is 0 Å². The molecule has 0 heterocycles. The molecule has 1 amide bonds. The van der Waals surface area contributed by atoms with E-state index in [-0.39, 0.29) is 24.0 Å². The molecule has 1 aliphatic rings. The molecule has 0 radical (unpaired) electrons. The zero-order chi connectivity index (χ0) is 14.8. The summed E-state index contributed by atoms with van der Waals surface area (Å²) in [7, 11) is 1.60. The number of hydrogen-bond acceptors (Lipinski definition) is 3. The number of aliphatic hydroxyl groups is 1. The minimum atomic E-state index is -0.204. The van der Waals surface area contributed by atoms with Crippen LogP contribution in [0.2, 0.25) is 0 Å². The van der Waals surface area contributed by atoms with E-state index in [1.54, 1.807) is 19.2 Å². The van der Waals surface area contributed by atoms with Crippen molar-refractivity contribution in [2.45, 2.75) is 39.2 Å². The highest BCUT2D eigenvalue weighted by Gasteiger charge is 2.39. The van der Waals surface area contributed by atoms with Gasteiger partial charge in [0.25, 0.3) is 5.91 Å². The van der Waals surface area contributed by atoms with E-state index < -0.39 is 0 Å². The smallest absolute Gasteiger partial charge is 0.251 e. The standard InChI is InChI=1S/C16H23NO3/c1-11-6-7-12(9-13(11)20-3)15(19)17-14-5-4-8-16(14,2)10-18/h6-7,9,14,18H,4-5,8,10H2,1-3H3,(H,17,19). The molecule has 4 heteroatoms. The lowest BCUT2D eigenvalue weighted by Crippen LogP contribution is -2.44. The number of aliphatic hydroxyl groups excluding tert-OH is 1. The SMILES string of the molecule is COc1cc(C(=O)NC2CCCC2(C)CO)ccc1C. The summed E-state index contributed by atoms with van der Waals surface area (Å²) in [5.41, 5.74) is 1.40. The van der Waals surface area contributed by atoms with Gasteiger partial charge >= 0.3 is 0 Å². The minimum absolute atomic E-state index is 0.0345. The van der Waals surface area contributed by atoms with Gasteiger partial charge in [0.2, 0.25) is 0 Å². The largest absolute Gasteiger partial charge is 0.496 e. The van der Waals surface area contributed by atoms with Gasteiger partial charge in [0.1, 0.15) is 5.75 Å². The third-order valence-electron chi connectivity index (χ3n) is 4.42. The molecule has 0 spiro atoms. The number of benzene rings is 1. The summed E-state index contributed by atoms with van der Waals surface area (Å²) < 4.78 is 5.25. The summed E-state index contributed by atoms with van der Waals surface area (Å²) in [5.74, 6) is 0.615. The van der Waals surface area contributed by atoms with Crippen LogP contribution in [0.5, 0.6) is 5.75 Å². The molecule has 1 saturated carbocycles. The molecule has 0 saturated heterocycles. The molecule has 2 unspecified atom stereocenters. The lowest BCUT2D eigenvalue weighted by Gasteiger charge is -2.30.